The average Bonchev–Trinajstić information content (AvgIpc) is 3.21. The number of para-hydroxylation sites is 1. The number of amides is 1. The molecule has 0 atom stereocenters. The molecule has 6 nitrogen and oxygen atoms in total. The van der Waals surface area contributed by atoms with Gasteiger partial charge in [-0.15, -0.1) is 11.3 Å². The van der Waals surface area contributed by atoms with E-state index in [-0.39, 0.29) is 23.2 Å². The smallest absolute Gasteiger partial charge is 0.263 e. The predicted octanol–water partition coefficient (Wildman–Crippen LogP) is 4.90. The van der Waals surface area contributed by atoms with Gasteiger partial charge in [0.25, 0.3) is 11.5 Å². The van der Waals surface area contributed by atoms with E-state index in [9.17, 15) is 18.4 Å². The van der Waals surface area contributed by atoms with Crippen LogP contribution in [-0.4, -0.2) is 41.6 Å². The van der Waals surface area contributed by atoms with Crippen molar-refractivity contribution in [2.24, 2.45) is 0 Å². The van der Waals surface area contributed by atoms with Crippen LogP contribution in [0.4, 0.5) is 20.2 Å². The van der Waals surface area contributed by atoms with E-state index in [0.29, 0.717) is 26.5 Å². The standard InChI is InChI=1S/C26H24F2N4O2S/c1-31-13-11-17(12-14-31)29-25(34)24-23(30-21-9-7-16(27)15-20(21)28)19-8-10-22(33)32(26(19)35-24)18-5-3-2-4-6-18/h2-10,15,17,30H,11-14H2,1H3,(H,29,34). The minimum absolute atomic E-state index is 0.0237. The van der Waals surface area contributed by atoms with E-state index in [1.165, 1.54) is 23.5 Å². The summed E-state index contributed by atoms with van der Waals surface area (Å²) in [7, 11) is 2.05. The highest BCUT2D eigenvalue weighted by atomic mass is 32.1. The molecule has 1 aliphatic rings. The van der Waals surface area contributed by atoms with Crippen LogP contribution in [0.3, 0.4) is 0 Å². The third kappa shape index (κ3) is 4.69. The Labute approximate surface area is 204 Å². The van der Waals surface area contributed by atoms with Crippen LogP contribution in [0.5, 0.6) is 0 Å². The number of nitrogens with one attached hydrogen (secondary N) is 2. The van der Waals surface area contributed by atoms with Crippen molar-refractivity contribution in [1.29, 1.82) is 0 Å². The minimum atomic E-state index is -0.776. The number of hydrogen-bond donors (Lipinski definition) is 2. The molecule has 0 saturated carbocycles. The fourth-order valence-corrected chi connectivity index (χ4v) is 5.49. The van der Waals surface area contributed by atoms with E-state index < -0.39 is 11.6 Å². The van der Waals surface area contributed by atoms with E-state index >= 15 is 0 Å². The summed E-state index contributed by atoms with van der Waals surface area (Å²) in [5, 5.41) is 6.70. The summed E-state index contributed by atoms with van der Waals surface area (Å²) >= 11 is 1.17. The lowest BCUT2D eigenvalue weighted by atomic mass is 10.1. The minimum Gasteiger partial charge on any atom is -0.351 e. The summed E-state index contributed by atoms with van der Waals surface area (Å²) in [4.78, 5) is 29.4. The largest absolute Gasteiger partial charge is 0.351 e. The molecular formula is C26H24F2N4O2S. The van der Waals surface area contributed by atoms with Gasteiger partial charge in [-0.25, -0.2) is 8.78 Å². The van der Waals surface area contributed by atoms with Gasteiger partial charge < -0.3 is 15.5 Å². The first-order chi connectivity index (χ1) is 16.9. The number of anilines is 2. The normalized spacial score (nSPS) is 14.8. The van der Waals surface area contributed by atoms with Gasteiger partial charge in [-0.05, 0) is 63.3 Å². The summed E-state index contributed by atoms with van der Waals surface area (Å²) in [5.74, 6) is -1.76. The van der Waals surface area contributed by atoms with Gasteiger partial charge in [0.05, 0.1) is 17.1 Å². The number of pyridine rings is 1. The second-order valence-corrected chi connectivity index (χ2v) is 9.67. The SMILES string of the molecule is CN1CCC(NC(=O)c2sc3c(ccc(=O)n3-c3ccccc3)c2Nc2ccc(F)cc2F)CC1. The molecule has 35 heavy (non-hydrogen) atoms. The van der Waals surface area contributed by atoms with Gasteiger partial charge >= 0.3 is 0 Å². The molecule has 0 bridgehead atoms. The number of piperidine rings is 1. The Kier molecular flexibility index (Phi) is 6.36. The van der Waals surface area contributed by atoms with E-state index in [1.54, 1.807) is 10.6 Å². The molecule has 4 aromatic rings. The molecule has 1 aliphatic heterocycles. The predicted molar refractivity (Wildman–Crippen MR) is 135 cm³/mol. The molecule has 2 N–H and O–H groups in total. The van der Waals surface area contributed by atoms with Crippen LogP contribution in [0.25, 0.3) is 15.9 Å². The van der Waals surface area contributed by atoms with Crippen LogP contribution < -0.4 is 16.2 Å². The summed E-state index contributed by atoms with van der Waals surface area (Å²) in [6, 6.07) is 15.4. The number of fused-ring (bicyclic) bond motifs is 1. The zero-order valence-electron chi connectivity index (χ0n) is 19.1. The molecule has 0 spiro atoms. The maximum absolute atomic E-state index is 14.5. The van der Waals surface area contributed by atoms with Gasteiger partial charge in [-0.3, -0.25) is 14.2 Å². The number of nitrogens with zero attached hydrogens (tertiary/aromatic N) is 2. The second-order valence-electron chi connectivity index (χ2n) is 8.67. The number of hydrogen-bond acceptors (Lipinski definition) is 5. The molecule has 2 aromatic heterocycles. The number of carbonyl (C=O) groups excluding carboxylic acids is 1. The number of halogens is 2. The van der Waals surface area contributed by atoms with Gasteiger partial charge in [0, 0.05) is 23.6 Å². The van der Waals surface area contributed by atoms with Crippen molar-refractivity contribution in [3.05, 3.63) is 87.5 Å². The third-order valence-electron chi connectivity index (χ3n) is 6.21. The van der Waals surface area contributed by atoms with Gasteiger partial charge in [0.2, 0.25) is 0 Å². The maximum atomic E-state index is 14.5. The molecule has 5 rings (SSSR count). The molecule has 180 valence electrons. The van der Waals surface area contributed by atoms with Gasteiger partial charge in [-0.2, -0.15) is 0 Å². The highest BCUT2D eigenvalue weighted by Crippen LogP contribution is 2.38. The first-order valence-corrected chi connectivity index (χ1v) is 12.2. The molecule has 9 heteroatoms. The van der Waals surface area contributed by atoms with E-state index in [2.05, 4.69) is 15.5 Å². The summed E-state index contributed by atoms with van der Waals surface area (Å²) in [5.41, 5.74) is 0.834. The zero-order chi connectivity index (χ0) is 24.5. The number of rotatable bonds is 5. The van der Waals surface area contributed by atoms with Crippen molar-refractivity contribution < 1.29 is 13.6 Å². The topological polar surface area (TPSA) is 66.4 Å². The van der Waals surface area contributed by atoms with Crippen LogP contribution in [0.15, 0.2) is 65.5 Å². The third-order valence-corrected chi connectivity index (χ3v) is 7.40. The van der Waals surface area contributed by atoms with E-state index in [1.807, 2.05) is 37.4 Å². The maximum Gasteiger partial charge on any atom is 0.263 e. The van der Waals surface area contributed by atoms with E-state index in [4.69, 9.17) is 0 Å². The van der Waals surface area contributed by atoms with Gasteiger partial charge in [0.15, 0.2) is 0 Å². The molecule has 1 amide bonds. The molecule has 0 radical (unpaired) electrons. The number of aromatic nitrogens is 1. The Morgan fingerprint density at radius 3 is 2.49 bits per heavy atom. The number of carbonyl (C=O) groups is 1. The van der Waals surface area contributed by atoms with Gasteiger partial charge in [-0.1, -0.05) is 18.2 Å². The fraction of sp³-hybridized carbons (Fsp3) is 0.231. The van der Waals surface area contributed by atoms with Crippen LogP contribution in [0, 0.1) is 11.6 Å². The lowest BCUT2D eigenvalue weighted by molar-refractivity contribution is 0.0922. The highest BCUT2D eigenvalue weighted by molar-refractivity contribution is 7.21. The van der Waals surface area contributed by atoms with Crippen LogP contribution >= 0.6 is 11.3 Å². The zero-order valence-corrected chi connectivity index (χ0v) is 19.9. The Balaban J connectivity index is 1.63. The Bertz CT molecular complexity index is 1440. The van der Waals surface area contributed by atoms with Crippen molar-refractivity contribution in [3.8, 4) is 5.69 Å². The molecule has 3 heterocycles. The number of likely N-dealkylation sites (tertiary alicyclic amines) is 1. The van der Waals surface area contributed by atoms with Crippen molar-refractivity contribution in [2.45, 2.75) is 18.9 Å². The number of thiophene rings is 1. The summed E-state index contributed by atoms with van der Waals surface area (Å²) in [6.07, 6.45) is 1.66. The Morgan fingerprint density at radius 2 is 1.77 bits per heavy atom. The van der Waals surface area contributed by atoms with Gasteiger partial charge in [0.1, 0.15) is 21.3 Å². The van der Waals surface area contributed by atoms with Crippen LogP contribution in [0.1, 0.15) is 22.5 Å². The molecule has 2 aromatic carbocycles. The average molecular weight is 495 g/mol. The molecule has 1 fully saturated rings. The highest BCUT2D eigenvalue weighted by Gasteiger charge is 2.25. The first-order valence-electron chi connectivity index (χ1n) is 11.4. The number of benzene rings is 2. The monoisotopic (exact) mass is 494 g/mol. The quantitative estimate of drug-likeness (QED) is 0.414. The lowest BCUT2D eigenvalue weighted by Gasteiger charge is -2.29. The van der Waals surface area contributed by atoms with Crippen molar-refractivity contribution >= 4 is 38.8 Å². The lowest BCUT2D eigenvalue weighted by Crippen LogP contribution is -2.43. The Morgan fingerprint density at radius 1 is 1.03 bits per heavy atom. The van der Waals surface area contributed by atoms with Crippen LogP contribution in [-0.2, 0) is 0 Å². The molecule has 0 aliphatic carbocycles. The molecular weight excluding hydrogens is 470 g/mol. The van der Waals surface area contributed by atoms with Crippen LogP contribution in [0.2, 0.25) is 0 Å². The summed E-state index contributed by atoms with van der Waals surface area (Å²) < 4.78 is 29.6. The van der Waals surface area contributed by atoms with E-state index in [0.717, 1.165) is 38.1 Å². The molecule has 0 unspecified atom stereocenters. The van der Waals surface area contributed by atoms with Crippen molar-refractivity contribution in [3.63, 3.8) is 0 Å². The van der Waals surface area contributed by atoms with Crippen molar-refractivity contribution in [1.82, 2.24) is 14.8 Å². The Hall–Kier alpha value is -3.56. The van der Waals surface area contributed by atoms with Crippen molar-refractivity contribution in [2.75, 3.05) is 25.5 Å². The fourth-order valence-electron chi connectivity index (χ4n) is 4.32. The second kappa shape index (κ2) is 9.59. The molecule has 1 saturated heterocycles. The first kappa shape index (κ1) is 23.2. The summed E-state index contributed by atoms with van der Waals surface area (Å²) in [6.45, 7) is 1.77.